The van der Waals surface area contributed by atoms with Gasteiger partial charge in [0.2, 0.25) is 0 Å². The molecule has 1 rings (SSSR count). The topological polar surface area (TPSA) is 85.9 Å². The molecule has 0 aromatic carbocycles. The van der Waals surface area contributed by atoms with E-state index >= 15 is 0 Å². The molecule has 0 saturated heterocycles. The minimum absolute atomic E-state index is 0.453. The van der Waals surface area contributed by atoms with Crippen molar-refractivity contribution in [1.29, 1.82) is 0 Å². The molecule has 0 saturated carbocycles. The zero-order chi connectivity index (χ0) is 14.3. The molecule has 104 valence electrons. The van der Waals surface area contributed by atoms with Gasteiger partial charge in [-0.05, 0) is 39.9 Å². The Balaban J connectivity index is 0.000000331. The van der Waals surface area contributed by atoms with Crippen molar-refractivity contribution in [3.8, 4) is 0 Å². The van der Waals surface area contributed by atoms with E-state index in [1.54, 1.807) is 20.8 Å². The highest BCUT2D eigenvalue weighted by molar-refractivity contribution is 7.71. The number of amides is 1. The Bertz CT molecular complexity index is 431. The molecule has 7 heteroatoms. The van der Waals surface area contributed by atoms with Crippen molar-refractivity contribution in [2.75, 3.05) is 0 Å². The molecule has 0 fully saturated rings. The first kappa shape index (κ1) is 16.6. The number of nitrogens with one attached hydrogen (secondary N) is 1. The van der Waals surface area contributed by atoms with Crippen LogP contribution >= 0.6 is 12.2 Å². The van der Waals surface area contributed by atoms with Crippen LogP contribution in [0.5, 0.6) is 0 Å². The van der Waals surface area contributed by atoms with Crippen LogP contribution in [0.2, 0.25) is 0 Å². The molecule has 1 aromatic rings. The number of nitrogens with zero attached hydrogens (tertiary/aromatic N) is 2. The molecule has 0 aliphatic rings. The minimum atomic E-state index is -0.725. The van der Waals surface area contributed by atoms with E-state index in [-0.39, 0.29) is 0 Å². The van der Waals surface area contributed by atoms with Crippen molar-refractivity contribution in [2.24, 2.45) is 5.73 Å². The molecule has 3 N–H and O–H groups in total. The van der Waals surface area contributed by atoms with Crippen LogP contribution in [-0.4, -0.2) is 26.5 Å². The second-order valence-corrected chi connectivity index (χ2v) is 4.96. The minimum Gasteiger partial charge on any atom is -0.444 e. The molecule has 1 amide bonds. The number of primary amides is 1. The van der Waals surface area contributed by atoms with E-state index in [0.29, 0.717) is 0 Å². The van der Waals surface area contributed by atoms with Gasteiger partial charge in [0.1, 0.15) is 11.4 Å². The molecule has 0 aliphatic carbocycles. The van der Waals surface area contributed by atoms with E-state index in [1.807, 2.05) is 4.57 Å². The normalized spacial score (nSPS) is 10.5. The van der Waals surface area contributed by atoms with E-state index in [1.165, 1.54) is 0 Å². The summed E-state index contributed by atoms with van der Waals surface area (Å²) < 4.78 is 7.29. The van der Waals surface area contributed by atoms with Gasteiger partial charge in [0, 0.05) is 13.0 Å². The van der Waals surface area contributed by atoms with Crippen molar-refractivity contribution in [1.82, 2.24) is 14.8 Å². The van der Waals surface area contributed by atoms with E-state index in [9.17, 15) is 4.79 Å². The number of nitrogens with two attached hydrogens (primary N) is 1. The lowest BCUT2D eigenvalue weighted by Gasteiger charge is -2.16. The number of aryl methyl sites for hydroxylation is 1. The predicted octanol–water partition coefficient (Wildman–Crippen LogP) is 2.40. The van der Waals surface area contributed by atoms with E-state index in [4.69, 9.17) is 18.0 Å². The molecular formula is C11H22N4O2S. The van der Waals surface area contributed by atoms with Crippen molar-refractivity contribution >= 4 is 18.3 Å². The Morgan fingerprint density at radius 1 is 1.50 bits per heavy atom. The highest BCUT2D eigenvalue weighted by Gasteiger charge is 2.12. The molecule has 18 heavy (non-hydrogen) atoms. The highest BCUT2D eigenvalue weighted by Crippen LogP contribution is 2.04. The fraction of sp³-hybridized carbons (Fsp3) is 0.727. The largest absolute Gasteiger partial charge is 0.444 e. The summed E-state index contributed by atoms with van der Waals surface area (Å²) in [6, 6.07) is 0. The number of aromatic amines is 1. The van der Waals surface area contributed by atoms with Crippen LogP contribution in [0.1, 0.15) is 40.4 Å². The van der Waals surface area contributed by atoms with Crippen LogP contribution in [0, 0.1) is 4.77 Å². The summed E-state index contributed by atoms with van der Waals surface area (Å²) >= 11 is 4.98. The smallest absolute Gasteiger partial charge is 0.405 e. The number of hydrogen-bond acceptors (Lipinski definition) is 4. The molecule has 6 nitrogen and oxygen atoms in total. The SMILES string of the molecule is CC(C)(C)OC(N)=O.CCc1n[nH]c(=S)n1CC. The first-order valence-corrected chi connectivity index (χ1v) is 6.24. The number of H-pyrrole nitrogens is 1. The van der Waals surface area contributed by atoms with Gasteiger partial charge < -0.3 is 15.0 Å². The van der Waals surface area contributed by atoms with Crippen molar-refractivity contribution in [2.45, 2.75) is 53.2 Å². The number of ether oxygens (including phenoxy) is 1. The van der Waals surface area contributed by atoms with Crippen LogP contribution in [0.3, 0.4) is 0 Å². The lowest BCUT2D eigenvalue weighted by Crippen LogP contribution is -2.27. The Hall–Kier alpha value is -1.37. The second-order valence-electron chi connectivity index (χ2n) is 4.58. The number of hydrogen-bond donors (Lipinski definition) is 2. The number of carbonyl (C=O) groups excluding carboxylic acids is 1. The lowest BCUT2D eigenvalue weighted by atomic mass is 10.2. The highest BCUT2D eigenvalue weighted by atomic mass is 32.1. The number of aromatic nitrogens is 3. The maximum Gasteiger partial charge on any atom is 0.405 e. The first-order chi connectivity index (χ1) is 8.21. The van der Waals surface area contributed by atoms with Crippen LogP contribution in [0.25, 0.3) is 0 Å². The van der Waals surface area contributed by atoms with Crippen molar-refractivity contribution in [3.63, 3.8) is 0 Å². The van der Waals surface area contributed by atoms with E-state index in [2.05, 4.69) is 28.8 Å². The third-order valence-corrected chi connectivity index (χ3v) is 2.19. The Kier molecular flexibility index (Phi) is 6.61. The Labute approximate surface area is 113 Å². The summed E-state index contributed by atoms with van der Waals surface area (Å²) in [4.78, 5) is 10.0. The van der Waals surface area contributed by atoms with Crippen LogP contribution in [0.4, 0.5) is 4.79 Å². The molecular weight excluding hydrogens is 252 g/mol. The van der Waals surface area contributed by atoms with Crippen LogP contribution in [0.15, 0.2) is 0 Å². The summed E-state index contributed by atoms with van der Waals surface area (Å²) in [5.74, 6) is 1.03. The van der Waals surface area contributed by atoms with Gasteiger partial charge in [0.25, 0.3) is 0 Å². The number of rotatable bonds is 2. The van der Waals surface area contributed by atoms with Gasteiger partial charge in [0.15, 0.2) is 4.77 Å². The monoisotopic (exact) mass is 274 g/mol. The van der Waals surface area contributed by atoms with E-state index < -0.39 is 11.7 Å². The molecule has 0 bridgehead atoms. The third kappa shape index (κ3) is 6.39. The van der Waals surface area contributed by atoms with Gasteiger partial charge in [-0.25, -0.2) is 4.79 Å². The number of carbonyl (C=O) groups is 1. The van der Waals surface area contributed by atoms with Gasteiger partial charge >= 0.3 is 6.09 Å². The molecule has 0 aliphatic heterocycles. The van der Waals surface area contributed by atoms with Gasteiger partial charge in [-0.15, -0.1) is 0 Å². The summed E-state index contributed by atoms with van der Waals surface area (Å²) in [6.07, 6.45) is 0.207. The molecule has 0 atom stereocenters. The summed E-state index contributed by atoms with van der Waals surface area (Å²) in [7, 11) is 0. The fourth-order valence-electron chi connectivity index (χ4n) is 1.25. The second kappa shape index (κ2) is 7.15. The van der Waals surface area contributed by atoms with Crippen molar-refractivity contribution < 1.29 is 9.53 Å². The van der Waals surface area contributed by atoms with Gasteiger partial charge in [-0.2, -0.15) is 5.10 Å². The maximum absolute atomic E-state index is 10.0. The fourth-order valence-corrected chi connectivity index (χ4v) is 1.53. The first-order valence-electron chi connectivity index (χ1n) is 5.83. The zero-order valence-electron chi connectivity index (χ0n) is 11.6. The van der Waals surface area contributed by atoms with Crippen LogP contribution < -0.4 is 5.73 Å². The standard InChI is InChI=1S/C6H11N3S.C5H11NO2/c1-3-5-7-8-6(10)9(5)4-2;1-5(2,3)8-4(6)7/h3-4H2,1-2H3,(H,8,10);1-3H3,(H2,6,7). The maximum atomic E-state index is 10.0. The Morgan fingerprint density at radius 2 is 2.06 bits per heavy atom. The quantitative estimate of drug-likeness (QED) is 0.811. The average molecular weight is 274 g/mol. The third-order valence-electron chi connectivity index (χ3n) is 1.88. The molecule has 0 spiro atoms. The van der Waals surface area contributed by atoms with Crippen LogP contribution in [-0.2, 0) is 17.7 Å². The van der Waals surface area contributed by atoms with Crippen molar-refractivity contribution in [3.05, 3.63) is 10.6 Å². The summed E-state index contributed by atoms with van der Waals surface area (Å²) in [5, 5.41) is 6.81. The zero-order valence-corrected chi connectivity index (χ0v) is 12.4. The van der Waals surface area contributed by atoms with Gasteiger partial charge in [-0.1, -0.05) is 6.92 Å². The molecule has 0 unspecified atom stereocenters. The predicted molar refractivity (Wildman–Crippen MR) is 72.9 cm³/mol. The Morgan fingerprint density at radius 3 is 2.28 bits per heavy atom. The van der Waals surface area contributed by atoms with Gasteiger partial charge in [-0.3, -0.25) is 5.10 Å². The van der Waals surface area contributed by atoms with E-state index in [0.717, 1.165) is 23.6 Å². The average Bonchev–Trinajstić information content (AvgIpc) is 2.55. The van der Waals surface area contributed by atoms with Gasteiger partial charge in [0.05, 0.1) is 0 Å². The molecule has 1 aromatic heterocycles. The molecule has 1 heterocycles. The summed E-state index contributed by atoms with van der Waals surface area (Å²) in [6.45, 7) is 10.3. The molecule has 0 radical (unpaired) electrons. The summed E-state index contributed by atoms with van der Waals surface area (Å²) in [5.41, 5.74) is 4.26. The lowest BCUT2D eigenvalue weighted by molar-refractivity contribution is 0.0600.